The van der Waals surface area contributed by atoms with Gasteiger partial charge in [0.2, 0.25) is 0 Å². The Hall–Kier alpha value is -1.12. The van der Waals surface area contributed by atoms with Gasteiger partial charge in [0.1, 0.15) is 6.10 Å². The molecule has 1 atom stereocenters. The highest BCUT2D eigenvalue weighted by molar-refractivity contribution is 5.95. The molecule has 0 saturated heterocycles. The standard InChI is InChI=1S/C9H14O3/c1-5-9(11)6(2)7(3)12-8(4)10/h7H,2,5H2,1,3-4H3. The molecule has 3 nitrogen and oxygen atoms in total. The maximum Gasteiger partial charge on any atom is 0.303 e. The van der Waals surface area contributed by atoms with E-state index in [4.69, 9.17) is 4.74 Å². The highest BCUT2D eigenvalue weighted by Gasteiger charge is 2.14. The Balaban J connectivity index is 4.10. The summed E-state index contributed by atoms with van der Waals surface area (Å²) in [5.41, 5.74) is 0.354. The van der Waals surface area contributed by atoms with Crippen molar-refractivity contribution in [2.24, 2.45) is 0 Å². The largest absolute Gasteiger partial charge is 0.458 e. The zero-order valence-corrected chi connectivity index (χ0v) is 7.72. The van der Waals surface area contributed by atoms with Gasteiger partial charge in [-0.2, -0.15) is 0 Å². The molecule has 0 aliphatic rings. The van der Waals surface area contributed by atoms with Gasteiger partial charge >= 0.3 is 5.97 Å². The second-order valence-electron chi connectivity index (χ2n) is 2.55. The number of Topliss-reactive ketones (excluding diaryl/α,β-unsaturated/α-hetero) is 1. The lowest BCUT2D eigenvalue weighted by Crippen LogP contribution is -2.19. The van der Waals surface area contributed by atoms with Gasteiger partial charge in [-0.25, -0.2) is 0 Å². The van der Waals surface area contributed by atoms with Crippen LogP contribution in [-0.4, -0.2) is 17.9 Å². The van der Waals surface area contributed by atoms with Gasteiger partial charge in [-0.3, -0.25) is 9.59 Å². The Labute approximate surface area is 72.4 Å². The van der Waals surface area contributed by atoms with Gasteiger partial charge in [-0.15, -0.1) is 0 Å². The fraction of sp³-hybridized carbons (Fsp3) is 0.556. The first kappa shape index (κ1) is 10.9. The summed E-state index contributed by atoms with van der Waals surface area (Å²) < 4.78 is 4.78. The molecule has 0 aliphatic heterocycles. The maximum absolute atomic E-state index is 11.0. The van der Waals surface area contributed by atoms with Crippen LogP contribution in [0.3, 0.4) is 0 Å². The lowest BCUT2D eigenvalue weighted by atomic mass is 10.1. The highest BCUT2D eigenvalue weighted by atomic mass is 16.5. The number of ketones is 1. The second kappa shape index (κ2) is 4.70. The van der Waals surface area contributed by atoms with Crippen LogP contribution in [0.4, 0.5) is 0 Å². The van der Waals surface area contributed by atoms with Crippen LogP contribution in [-0.2, 0) is 14.3 Å². The Morgan fingerprint density at radius 3 is 2.33 bits per heavy atom. The first-order valence-electron chi connectivity index (χ1n) is 3.88. The first-order chi connectivity index (χ1) is 5.49. The summed E-state index contributed by atoms with van der Waals surface area (Å²) in [6, 6.07) is 0. The lowest BCUT2D eigenvalue weighted by Gasteiger charge is -2.12. The number of carbonyl (C=O) groups excluding carboxylic acids is 2. The summed E-state index contributed by atoms with van der Waals surface area (Å²) in [4.78, 5) is 21.5. The topological polar surface area (TPSA) is 43.4 Å². The molecule has 12 heavy (non-hydrogen) atoms. The molecule has 0 bridgehead atoms. The van der Waals surface area contributed by atoms with E-state index in [-0.39, 0.29) is 5.78 Å². The van der Waals surface area contributed by atoms with E-state index < -0.39 is 12.1 Å². The van der Waals surface area contributed by atoms with E-state index in [1.165, 1.54) is 6.92 Å². The van der Waals surface area contributed by atoms with Gasteiger partial charge in [-0.1, -0.05) is 13.5 Å². The molecule has 0 spiro atoms. The zero-order valence-electron chi connectivity index (χ0n) is 7.72. The van der Waals surface area contributed by atoms with Gasteiger partial charge in [0.15, 0.2) is 5.78 Å². The molecule has 0 N–H and O–H groups in total. The van der Waals surface area contributed by atoms with Gasteiger partial charge in [-0.05, 0) is 6.92 Å². The van der Waals surface area contributed by atoms with Crippen LogP contribution in [0, 0.1) is 0 Å². The summed E-state index contributed by atoms with van der Waals surface area (Å²) in [5, 5.41) is 0. The molecule has 0 saturated carbocycles. The number of esters is 1. The smallest absolute Gasteiger partial charge is 0.303 e. The van der Waals surface area contributed by atoms with E-state index in [2.05, 4.69) is 6.58 Å². The maximum atomic E-state index is 11.0. The molecule has 0 radical (unpaired) electrons. The average Bonchev–Trinajstić information content (AvgIpc) is 2.00. The quantitative estimate of drug-likeness (QED) is 0.474. The Morgan fingerprint density at radius 1 is 1.50 bits per heavy atom. The van der Waals surface area contributed by atoms with Crippen molar-refractivity contribution >= 4 is 11.8 Å². The predicted octanol–water partition coefficient (Wildman–Crippen LogP) is 1.47. The van der Waals surface area contributed by atoms with E-state index in [0.29, 0.717) is 12.0 Å². The number of hydrogen-bond acceptors (Lipinski definition) is 3. The Kier molecular flexibility index (Phi) is 4.26. The molecule has 0 aromatic carbocycles. The third-order valence-corrected chi connectivity index (χ3v) is 1.51. The Bertz CT molecular complexity index is 206. The van der Waals surface area contributed by atoms with Crippen molar-refractivity contribution in [3.63, 3.8) is 0 Å². The SMILES string of the molecule is C=C(C(=O)CC)C(C)OC(C)=O. The normalized spacial score (nSPS) is 11.9. The van der Waals surface area contributed by atoms with Crippen molar-refractivity contribution in [3.8, 4) is 0 Å². The third-order valence-electron chi connectivity index (χ3n) is 1.51. The summed E-state index contributed by atoms with van der Waals surface area (Å²) in [5.74, 6) is -0.462. The second-order valence-corrected chi connectivity index (χ2v) is 2.55. The molecule has 0 amide bonds. The number of rotatable bonds is 4. The van der Waals surface area contributed by atoms with E-state index >= 15 is 0 Å². The van der Waals surface area contributed by atoms with Crippen molar-refractivity contribution in [1.82, 2.24) is 0 Å². The fourth-order valence-corrected chi connectivity index (χ4v) is 0.774. The average molecular weight is 170 g/mol. The molecule has 0 aromatic heterocycles. The van der Waals surface area contributed by atoms with Gasteiger partial charge in [0.25, 0.3) is 0 Å². The molecule has 68 valence electrons. The molecule has 0 fully saturated rings. The van der Waals surface area contributed by atoms with Crippen molar-refractivity contribution in [3.05, 3.63) is 12.2 Å². The number of hydrogen-bond donors (Lipinski definition) is 0. The summed E-state index contributed by atoms with van der Waals surface area (Å²) >= 11 is 0. The van der Waals surface area contributed by atoms with E-state index in [1.54, 1.807) is 13.8 Å². The molecule has 0 rings (SSSR count). The minimum absolute atomic E-state index is 0.0660. The minimum atomic E-state index is -0.505. The van der Waals surface area contributed by atoms with E-state index in [0.717, 1.165) is 0 Å². The lowest BCUT2D eigenvalue weighted by molar-refractivity contribution is -0.144. The minimum Gasteiger partial charge on any atom is -0.458 e. The molecule has 0 aromatic rings. The molecule has 3 heteroatoms. The van der Waals surface area contributed by atoms with Crippen LogP contribution in [0.5, 0.6) is 0 Å². The Morgan fingerprint density at radius 2 is 2.00 bits per heavy atom. The van der Waals surface area contributed by atoms with Gasteiger partial charge < -0.3 is 4.74 Å². The third kappa shape index (κ3) is 3.32. The first-order valence-corrected chi connectivity index (χ1v) is 3.88. The molecule has 1 unspecified atom stereocenters. The van der Waals surface area contributed by atoms with Crippen LogP contribution in [0.2, 0.25) is 0 Å². The van der Waals surface area contributed by atoms with Crippen molar-refractivity contribution in [1.29, 1.82) is 0 Å². The van der Waals surface area contributed by atoms with Crippen LogP contribution in [0.1, 0.15) is 27.2 Å². The number of ether oxygens (including phenoxy) is 1. The summed E-state index contributed by atoms with van der Waals surface area (Å²) in [6.07, 6.45) is -0.111. The summed E-state index contributed by atoms with van der Waals surface area (Å²) in [6.45, 7) is 8.24. The zero-order chi connectivity index (χ0) is 9.72. The van der Waals surface area contributed by atoms with Crippen LogP contribution < -0.4 is 0 Å². The molecular formula is C9H14O3. The van der Waals surface area contributed by atoms with Crippen LogP contribution in [0.25, 0.3) is 0 Å². The molecule has 0 aliphatic carbocycles. The van der Waals surface area contributed by atoms with Gasteiger partial charge in [0.05, 0.1) is 0 Å². The van der Waals surface area contributed by atoms with Gasteiger partial charge in [0, 0.05) is 18.9 Å². The fourth-order valence-electron chi connectivity index (χ4n) is 0.774. The van der Waals surface area contributed by atoms with E-state index in [1.807, 2.05) is 0 Å². The van der Waals surface area contributed by atoms with Crippen LogP contribution >= 0.6 is 0 Å². The monoisotopic (exact) mass is 170 g/mol. The summed E-state index contributed by atoms with van der Waals surface area (Å²) in [7, 11) is 0. The van der Waals surface area contributed by atoms with E-state index in [9.17, 15) is 9.59 Å². The number of carbonyl (C=O) groups is 2. The molecular weight excluding hydrogens is 156 g/mol. The van der Waals surface area contributed by atoms with Crippen molar-refractivity contribution < 1.29 is 14.3 Å². The predicted molar refractivity (Wildman–Crippen MR) is 45.7 cm³/mol. The highest BCUT2D eigenvalue weighted by Crippen LogP contribution is 2.07. The molecule has 0 heterocycles. The van der Waals surface area contributed by atoms with Crippen LogP contribution in [0.15, 0.2) is 12.2 Å². The van der Waals surface area contributed by atoms with Crippen molar-refractivity contribution in [2.45, 2.75) is 33.3 Å². The van der Waals surface area contributed by atoms with Crippen molar-refractivity contribution in [2.75, 3.05) is 0 Å².